The molecule has 0 fully saturated rings. The Morgan fingerprint density at radius 2 is 2.28 bits per heavy atom. The van der Waals surface area contributed by atoms with Crippen LogP contribution in [0.3, 0.4) is 0 Å². The topological polar surface area (TPSA) is 61.0 Å². The second kappa shape index (κ2) is 5.41. The lowest BCUT2D eigenvalue weighted by molar-refractivity contribution is 0.410. The van der Waals surface area contributed by atoms with Crippen molar-refractivity contribution in [2.75, 3.05) is 7.11 Å². The number of ether oxygens (including phenoxy) is 1. The van der Waals surface area contributed by atoms with Gasteiger partial charge in [-0.25, -0.2) is 4.39 Å². The molecule has 4 nitrogen and oxygen atoms in total. The maximum atomic E-state index is 13.9. The minimum absolute atomic E-state index is 0.377. The minimum atomic E-state index is -0.536. The first kappa shape index (κ1) is 12.9. The van der Waals surface area contributed by atoms with Crippen molar-refractivity contribution in [3.8, 4) is 5.75 Å². The number of aromatic nitrogens is 2. The Morgan fingerprint density at radius 3 is 2.89 bits per heavy atom. The van der Waals surface area contributed by atoms with Gasteiger partial charge in [0.05, 0.1) is 23.7 Å². The van der Waals surface area contributed by atoms with Gasteiger partial charge in [-0.3, -0.25) is 0 Å². The standard InChI is InChI=1S/C12H14FN3OS/c1-3-10-12(18-16-15-10)11(14)8-5-4-7(17-2)6-9(8)13/h4-6,11H,3,14H2,1-2H3. The maximum Gasteiger partial charge on any atom is 0.132 e. The molecule has 18 heavy (non-hydrogen) atoms. The van der Waals surface area contributed by atoms with Crippen LogP contribution in [-0.2, 0) is 6.42 Å². The number of nitrogens with zero attached hydrogens (tertiary/aromatic N) is 2. The average Bonchev–Trinajstić information content (AvgIpc) is 2.86. The zero-order chi connectivity index (χ0) is 13.1. The van der Waals surface area contributed by atoms with Crippen LogP contribution in [0.4, 0.5) is 4.39 Å². The molecule has 6 heteroatoms. The molecule has 96 valence electrons. The molecule has 1 atom stereocenters. The second-order valence-electron chi connectivity index (χ2n) is 3.80. The summed E-state index contributed by atoms with van der Waals surface area (Å²) in [4.78, 5) is 0.807. The molecule has 1 aromatic heterocycles. The van der Waals surface area contributed by atoms with Crippen molar-refractivity contribution in [2.45, 2.75) is 19.4 Å². The summed E-state index contributed by atoms with van der Waals surface area (Å²) < 4.78 is 22.7. The molecule has 0 aliphatic rings. The summed E-state index contributed by atoms with van der Waals surface area (Å²) in [5.74, 6) is 0.0962. The Hall–Kier alpha value is -1.53. The smallest absolute Gasteiger partial charge is 0.132 e. The van der Waals surface area contributed by atoms with Gasteiger partial charge in [0.25, 0.3) is 0 Å². The van der Waals surface area contributed by atoms with Gasteiger partial charge in [-0.2, -0.15) is 0 Å². The number of methoxy groups -OCH3 is 1. The van der Waals surface area contributed by atoms with Crippen LogP contribution in [0.15, 0.2) is 18.2 Å². The van der Waals surface area contributed by atoms with E-state index in [-0.39, 0.29) is 5.82 Å². The van der Waals surface area contributed by atoms with Crippen molar-refractivity contribution in [1.82, 2.24) is 9.59 Å². The first-order valence-corrected chi connectivity index (χ1v) is 6.34. The highest BCUT2D eigenvalue weighted by Gasteiger charge is 2.19. The van der Waals surface area contributed by atoms with Gasteiger partial charge in [0.2, 0.25) is 0 Å². The summed E-state index contributed by atoms with van der Waals surface area (Å²) in [6, 6.07) is 4.12. The predicted octanol–water partition coefficient (Wildman–Crippen LogP) is 2.30. The average molecular weight is 267 g/mol. The molecule has 2 N–H and O–H groups in total. The highest BCUT2D eigenvalue weighted by Crippen LogP contribution is 2.28. The Bertz CT molecular complexity index is 544. The van der Waals surface area contributed by atoms with E-state index < -0.39 is 6.04 Å². The lowest BCUT2D eigenvalue weighted by Crippen LogP contribution is -2.14. The summed E-state index contributed by atoms with van der Waals surface area (Å²) >= 11 is 1.21. The molecule has 0 saturated heterocycles. The van der Waals surface area contributed by atoms with Crippen molar-refractivity contribution in [1.29, 1.82) is 0 Å². The summed E-state index contributed by atoms with van der Waals surface area (Å²) in [5, 5.41) is 3.99. The van der Waals surface area contributed by atoms with E-state index in [1.165, 1.54) is 24.7 Å². The number of rotatable bonds is 4. The number of benzene rings is 1. The molecule has 0 aliphatic heterocycles. The van der Waals surface area contributed by atoms with Crippen molar-refractivity contribution in [3.63, 3.8) is 0 Å². The normalized spacial score (nSPS) is 12.4. The van der Waals surface area contributed by atoms with Crippen LogP contribution in [0.1, 0.15) is 29.1 Å². The summed E-state index contributed by atoms with van der Waals surface area (Å²) in [5.41, 5.74) is 7.33. The van der Waals surface area contributed by atoms with E-state index in [2.05, 4.69) is 9.59 Å². The largest absolute Gasteiger partial charge is 0.497 e. The van der Waals surface area contributed by atoms with Crippen LogP contribution < -0.4 is 10.5 Å². The van der Waals surface area contributed by atoms with Crippen LogP contribution in [-0.4, -0.2) is 16.7 Å². The Labute approximate surface area is 109 Å². The van der Waals surface area contributed by atoms with Gasteiger partial charge >= 0.3 is 0 Å². The molecule has 0 bridgehead atoms. The zero-order valence-corrected chi connectivity index (χ0v) is 11.0. The van der Waals surface area contributed by atoms with E-state index in [9.17, 15) is 4.39 Å². The van der Waals surface area contributed by atoms with E-state index in [1.54, 1.807) is 12.1 Å². The fraction of sp³-hybridized carbons (Fsp3) is 0.333. The molecule has 0 radical (unpaired) electrons. The quantitative estimate of drug-likeness (QED) is 0.923. The molecular weight excluding hydrogens is 253 g/mol. The molecular formula is C12H14FN3OS. The van der Waals surface area contributed by atoms with E-state index in [1.807, 2.05) is 6.92 Å². The van der Waals surface area contributed by atoms with Gasteiger partial charge < -0.3 is 10.5 Å². The monoisotopic (exact) mass is 267 g/mol. The maximum absolute atomic E-state index is 13.9. The zero-order valence-electron chi connectivity index (χ0n) is 10.2. The number of hydrogen-bond donors (Lipinski definition) is 1. The fourth-order valence-corrected chi connectivity index (χ4v) is 2.48. The molecule has 1 unspecified atom stereocenters. The van der Waals surface area contributed by atoms with Crippen LogP contribution in [0.5, 0.6) is 5.75 Å². The van der Waals surface area contributed by atoms with E-state index in [0.29, 0.717) is 11.3 Å². The number of halogens is 1. The Morgan fingerprint density at radius 1 is 1.50 bits per heavy atom. The van der Waals surface area contributed by atoms with Crippen LogP contribution in [0.2, 0.25) is 0 Å². The molecule has 0 spiro atoms. The molecule has 0 aliphatic carbocycles. The third-order valence-electron chi connectivity index (χ3n) is 2.75. The first-order valence-electron chi connectivity index (χ1n) is 5.57. The Balaban J connectivity index is 2.37. The van der Waals surface area contributed by atoms with Gasteiger partial charge in [0.1, 0.15) is 11.6 Å². The predicted molar refractivity (Wildman–Crippen MR) is 68.3 cm³/mol. The van der Waals surface area contributed by atoms with Crippen molar-refractivity contribution < 1.29 is 9.13 Å². The lowest BCUT2D eigenvalue weighted by Gasteiger charge is -2.12. The molecule has 0 saturated carbocycles. The first-order chi connectivity index (χ1) is 8.67. The summed E-state index contributed by atoms with van der Waals surface area (Å²) in [7, 11) is 1.50. The van der Waals surface area contributed by atoms with Crippen LogP contribution in [0.25, 0.3) is 0 Å². The van der Waals surface area contributed by atoms with Gasteiger partial charge in [-0.05, 0) is 24.0 Å². The summed E-state index contributed by atoms with van der Waals surface area (Å²) in [6.07, 6.45) is 0.733. The molecule has 2 rings (SSSR count). The SMILES string of the molecule is CCc1nnsc1C(N)c1ccc(OC)cc1F. The van der Waals surface area contributed by atoms with Gasteiger partial charge in [0.15, 0.2) is 0 Å². The van der Waals surface area contributed by atoms with E-state index >= 15 is 0 Å². The van der Waals surface area contributed by atoms with Gasteiger partial charge in [0, 0.05) is 11.6 Å². The molecule has 0 amide bonds. The number of aryl methyl sites for hydroxylation is 1. The Kier molecular flexibility index (Phi) is 3.88. The van der Waals surface area contributed by atoms with Crippen LogP contribution in [0, 0.1) is 5.82 Å². The fourth-order valence-electron chi connectivity index (χ4n) is 1.73. The lowest BCUT2D eigenvalue weighted by atomic mass is 10.0. The minimum Gasteiger partial charge on any atom is -0.497 e. The van der Waals surface area contributed by atoms with Crippen molar-refractivity contribution in [3.05, 3.63) is 40.2 Å². The third-order valence-corrected chi connectivity index (χ3v) is 3.59. The number of hydrogen-bond acceptors (Lipinski definition) is 5. The third kappa shape index (κ3) is 2.34. The van der Waals surface area contributed by atoms with Gasteiger partial charge in [-0.15, -0.1) is 5.10 Å². The second-order valence-corrected chi connectivity index (χ2v) is 4.59. The molecule has 2 aromatic rings. The molecule has 1 aromatic carbocycles. The van der Waals surface area contributed by atoms with Gasteiger partial charge in [-0.1, -0.05) is 17.5 Å². The van der Waals surface area contributed by atoms with E-state index in [0.717, 1.165) is 17.0 Å². The number of nitrogens with two attached hydrogens (primary N) is 1. The molecule has 1 heterocycles. The van der Waals surface area contributed by atoms with Crippen molar-refractivity contribution >= 4 is 11.5 Å². The van der Waals surface area contributed by atoms with E-state index in [4.69, 9.17) is 10.5 Å². The van der Waals surface area contributed by atoms with Crippen molar-refractivity contribution in [2.24, 2.45) is 5.73 Å². The highest BCUT2D eigenvalue weighted by molar-refractivity contribution is 7.05. The van der Waals surface area contributed by atoms with Crippen LogP contribution >= 0.6 is 11.5 Å². The highest BCUT2D eigenvalue weighted by atomic mass is 32.1. The summed E-state index contributed by atoms with van der Waals surface area (Å²) in [6.45, 7) is 1.97.